The number of alkyl halides is 3. The van der Waals surface area contributed by atoms with E-state index in [0.717, 1.165) is 18.2 Å². The minimum absolute atomic E-state index is 0.00442. The van der Waals surface area contributed by atoms with Gasteiger partial charge < -0.3 is 14.6 Å². The monoisotopic (exact) mass is 453 g/mol. The van der Waals surface area contributed by atoms with E-state index in [9.17, 15) is 18.0 Å². The zero-order chi connectivity index (χ0) is 22.8. The maximum absolute atomic E-state index is 13.2. The van der Waals surface area contributed by atoms with E-state index >= 15 is 0 Å². The van der Waals surface area contributed by atoms with Crippen LogP contribution in [0.25, 0.3) is 10.9 Å². The largest absolute Gasteiger partial charge is 0.416 e. The molecule has 3 aromatic rings. The van der Waals surface area contributed by atoms with Crippen LogP contribution in [0, 0.1) is 0 Å². The molecular formula is C20H26F3N5O2Si. The van der Waals surface area contributed by atoms with Crippen LogP contribution in [0.3, 0.4) is 0 Å². The molecule has 1 N–H and O–H groups in total. The summed E-state index contributed by atoms with van der Waals surface area (Å²) in [6.07, 6.45) is -1.23. The quantitative estimate of drug-likeness (QED) is 0.412. The van der Waals surface area contributed by atoms with E-state index in [1.807, 2.05) is 0 Å². The minimum Gasteiger partial charge on any atom is -0.372 e. The third kappa shape index (κ3) is 5.73. The molecule has 31 heavy (non-hydrogen) atoms. The molecule has 7 nitrogen and oxygen atoms in total. The summed E-state index contributed by atoms with van der Waals surface area (Å²) in [5, 5.41) is 3.18. The Bertz CT molecular complexity index is 1120. The molecule has 0 unspecified atom stereocenters. The summed E-state index contributed by atoms with van der Waals surface area (Å²) in [5.41, 5.74) is -0.825. The van der Waals surface area contributed by atoms with Gasteiger partial charge in [-0.2, -0.15) is 18.2 Å². The predicted octanol–water partition coefficient (Wildman–Crippen LogP) is 4.01. The predicted molar refractivity (Wildman–Crippen MR) is 116 cm³/mol. The highest BCUT2D eigenvalue weighted by molar-refractivity contribution is 6.76. The highest BCUT2D eigenvalue weighted by Crippen LogP contribution is 2.32. The first-order valence-electron chi connectivity index (χ1n) is 9.86. The molecule has 0 saturated heterocycles. The number of fused-ring (bicyclic) bond motifs is 1. The summed E-state index contributed by atoms with van der Waals surface area (Å²) in [7, 11) is 0.383. The molecule has 0 amide bonds. The zero-order valence-electron chi connectivity index (χ0n) is 18.0. The highest BCUT2D eigenvalue weighted by atomic mass is 28.3. The van der Waals surface area contributed by atoms with Gasteiger partial charge in [0, 0.05) is 33.3 Å². The van der Waals surface area contributed by atoms with Gasteiger partial charge in [-0.1, -0.05) is 19.6 Å². The second-order valence-electron chi connectivity index (χ2n) is 8.54. The molecule has 0 aliphatic rings. The number of hydrogen-bond donors (Lipinski definition) is 1. The molecule has 0 aliphatic carbocycles. The maximum atomic E-state index is 13.2. The molecular weight excluding hydrogens is 427 g/mol. The Morgan fingerprint density at radius 1 is 1.23 bits per heavy atom. The summed E-state index contributed by atoms with van der Waals surface area (Å²) in [6, 6.07) is 4.31. The van der Waals surface area contributed by atoms with E-state index in [1.54, 1.807) is 24.1 Å². The van der Waals surface area contributed by atoms with E-state index in [-0.39, 0.29) is 17.9 Å². The molecule has 1 aromatic carbocycles. The van der Waals surface area contributed by atoms with Gasteiger partial charge in [0.25, 0.3) is 0 Å². The molecule has 0 aliphatic heterocycles. The van der Waals surface area contributed by atoms with Gasteiger partial charge in [0.2, 0.25) is 0 Å². The molecule has 3 rings (SSSR count). The van der Waals surface area contributed by atoms with E-state index in [1.165, 1.54) is 10.6 Å². The van der Waals surface area contributed by atoms with Crippen molar-refractivity contribution in [3.8, 4) is 0 Å². The van der Waals surface area contributed by atoms with Crippen LogP contribution in [0.1, 0.15) is 11.3 Å². The topological polar surface area (TPSA) is 74.0 Å². The van der Waals surface area contributed by atoms with Crippen LogP contribution in [0.2, 0.25) is 25.7 Å². The first-order chi connectivity index (χ1) is 14.5. The van der Waals surface area contributed by atoms with Crippen molar-refractivity contribution in [1.82, 2.24) is 19.1 Å². The van der Waals surface area contributed by atoms with Gasteiger partial charge in [-0.15, -0.1) is 0 Å². The van der Waals surface area contributed by atoms with Crippen molar-refractivity contribution < 1.29 is 17.9 Å². The fourth-order valence-electron chi connectivity index (χ4n) is 3.06. The van der Waals surface area contributed by atoms with Gasteiger partial charge in [0.15, 0.2) is 0 Å². The van der Waals surface area contributed by atoms with Crippen LogP contribution in [0.4, 0.5) is 19.0 Å². The van der Waals surface area contributed by atoms with Crippen LogP contribution >= 0.6 is 0 Å². The molecule has 168 valence electrons. The maximum Gasteiger partial charge on any atom is 0.416 e. The van der Waals surface area contributed by atoms with Crippen molar-refractivity contribution >= 4 is 24.8 Å². The normalized spacial score (nSPS) is 12.5. The first kappa shape index (κ1) is 23.0. The molecule has 2 aromatic heterocycles. The van der Waals surface area contributed by atoms with E-state index < -0.39 is 25.5 Å². The van der Waals surface area contributed by atoms with E-state index in [4.69, 9.17) is 4.74 Å². The number of nitrogens with zero attached hydrogens (tertiary/aromatic N) is 4. The van der Waals surface area contributed by atoms with Crippen LogP contribution in [-0.2, 0) is 24.2 Å². The average molecular weight is 454 g/mol. The van der Waals surface area contributed by atoms with Crippen molar-refractivity contribution in [2.24, 2.45) is 0 Å². The van der Waals surface area contributed by atoms with Gasteiger partial charge in [0.05, 0.1) is 29.6 Å². The van der Waals surface area contributed by atoms with Crippen molar-refractivity contribution in [2.45, 2.75) is 45.1 Å². The second kappa shape index (κ2) is 8.83. The molecule has 0 atom stereocenters. The van der Waals surface area contributed by atoms with E-state index in [2.05, 4.69) is 34.9 Å². The Morgan fingerprint density at radius 2 is 1.97 bits per heavy atom. The number of halogens is 3. The lowest BCUT2D eigenvalue weighted by molar-refractivity contribution is -0.137. The smallest absolute Gasteiger partial charge is 0.372 e. The Labute approximate surface area is 178 Å². The SMILES string of the molecule is CNc1nc(=O)n(Cc2cn(COCC[Si](C)(C)C)cn2)c2cc(C(F)(F)F)ccc12. The molecule has 0 fully saturated rings. The standard InChI is InChI=1S/C20H26F3N5O2Si/c1-24-18-16-6-5-14(20(21,22)23)9-17(16)28(19(29)26-18)11-15-10-27(12-25-15)13-30-7-8-31(2,3)4/h5-6,9-10,12H,7-8,11,13H2,1-4H3,(H,24,26,29). The number of nitrogens with one attached hydrogen (secondary N) is 1. The summed E-state index contributed by atoms with van der Waals surface area (Å²) < 4.78 is 48.3. The summed E-state index contributed by atoms with van der Waals surface area (Å²) in [5.74, 6) is 0.228. The highest BCUT2D eigenvalue weighted by Gasteiger charge is 2.31. The van der Waals surface area contributed by atoms with Crippen LogP contribution < -0.4 is 11.0 Å². The number of ether oxygens (including phenoxy) is 1. The second-order valence-corrected chi connectivity index (χ2v) is 14.2. The number of hydrogen-bond acceptors (Lipinski definition) is 5. The Kier molecular flexibility index (Phi) is 6.55. The number of benzene rings is 1. The van der Waals surface area contributed by atoms with Crippen LogP contribution in [0.15, 0.2) is 35.5 Å². The number of rotatable bonds is 8. The van der Waals surface area contributed by atoms with Crippen LogP contribution in [-0.4, -0.2) is 40.8 Å². The van der Waals surface area contributed by atoms with Gasteiger partial charge in [-0.05, 0) is 24.2 Å². The molecule has 2 heterocycles. The number of aromatic nitrogens is 4. The Hall–Kier alpha value is -2.66. The molecule has 0 saturated carbocycles. The van der Waals surface area contributed by atoms with E-state index in [0.29, 0.717) is 24.4 Å². The van der Waals surface area contributed by atoms with Gasteiger partial charge in [-0.3, -0.25) is 4.57 Å². The first-order valence-corrected chi connectivity index (χ1v) is 13.6. The third-order valence-corrected chi connectivity index (χ3v) is 6.49. The van der Waals surface area contributed by atoms with Crippen molar-refractivity contribution in [3.05, 3.63) is 52.5 Å². The lowest BCUT2D eigenvalue weighted by Gasteiger charge is -2.15. The molecule has 11 heteroatoms. The number of anilines is 1. The average Bonchev–Trinajstić information content (AvgIpc) is 3.13. The minimum atomic E-state index is -4.52. The number of imidazole rings is 1. The Balaban J connectivity index is 1.87. The molecule has 0 bridgehead atoms. The third-order valence-electron chi connectivity index (χ3n) is 4.79. The Morgan fingerprint density at radius 3 is 2.61 bits per heavy atom. The zero-order valence-corrected chi connectivity index (χ0v) is 19.0. The van der Waals surface area contributed by atoms with Crippen molar-refractivity contribution in [3.63, 3.8) is 0 Å². The summed E-state index contributed by atoms with van der Waals surface area (Å²) in [4.78, 5) is 20.8. The molecule has 0 radical (unpaired) electrons. The molecule has 0 spiro atoms. The fraction of sp³-hybridized carbons (Fsp3) is 0.450. The lowest BCUT2D eigenvalue weighted by atomic mass is 10.1. The summed E-state index contributed by atoms with van der Waals surface area (Å²) in [6.45, 7) is 7.78. The lowest BCUT2D eigenvalue weighted by Crippen LogP contribution is -2.25. The van der Waals surface area contributed by atoms with Crippen molar-refractivity contribution in [2.75, 3.05) is 19.0 Å². The van der Waals surface area contributed by atoms with Crippen LogP contribution in [0.5, 0.6) is 0 Å². The fourth-order valence-corrected chi connectivity index (χ4v) is 3.82. The van der Waals surface area contributed by atoms with Crippen molar-refractivity contribution in [1.29, 1.82) is 0 Å². The summed E-state index contributed by atoms with van der Waals surface area (Å²) >= 11 is 0. The van der Waals surface area contributed by atoms with Gasteiger partial charge in [0.1, 0.15) is 12.5 Å². The van der Waals surface area contributed by atoms with Gasteiger partial charge >= 0.3 is 11.9 Å². The van der Waals surface area contributed by atoms with Gasteiger partial charge in [-0.25, -0.2) is 9.78 Å².